The summed E-state index contributed by atoms with van der Waals surface area (Å²) in [5.74, 6) is 1.41. The molecule has 0 fully saturated rings. The molecule has 0 aliphatic heterocycles. The van der Waals surface area contributed by atoms with Gasteiger partial charge in [-0.1, -0.05) is 5.21 Å². The van der Waals surface area contributed by atoms with Crippen LogP contribution in [0.3, 0.4) is 0 Å². The lowest BCUT2D eigenvalue weighted by molar-refractivity contribution is 0.347. The first-order valence-corrected chi connectivity index (χ1v) is 6.81. The van der Waals surface area contributed by atoms with Crippen molar-refractivity contribution in [1.29, 1.82) is 0 Å². The molecule has 2 rings (SSSR count). The molecular weight excluding hydrogens is 268 g/mol. The summed E-state index contributed by atoms with van der Waals surface area (Å²) >= 11 is 0. The predicted octanol–water partition coefficient (Wildman–Crippen LogP) is 2.66. The molecule has 21 heavy (non-hydrogen) atoms. The largest absolute Gasteiger partial charge is 0.493 e. The number of hydrogen-bond donors (Lipinski definition) is 1. The van der Waals surface area contributed by atoms with Gasteiger partial charge in [-0.05, 0) is 32.9 Å². The minimum Gasteiger partial charge on any atom is -0.493 e. The Morgan fingerprint density at radius 3 is 2.43 bits per heavy atom. The van der Waals surface area contributed by atoms with Crippen molar-refractivity contribution in [3.05, 3.63) is 30.1 Å². The van der Waals surface area contributed by atoms with E-state index >= 15 is 0 Å². The number of nitrogens with zero attached hydrogens (tertiary/aromatic N) is 3. The summed E-state index contributed by atoms with van der Waals surface area (Å²) < 4.78 is 12.4. The van der Waals surface area contributed by atoms with Crippen LogP contribution in [-0.4, -0.2) is 29.2 Å². The first-order valence-electron chi connectivity index (χ1n) is 6.81. The minimum atomic E-state index is -0.0609. The summed E-state index contributed by atoms with van der Waals surface area (Å²) in [7, 11) is 3.24. The minimum absolute atomic E-state index is 0.0609. The van der Waals surface area contributed by atoms with Gasteiger partial charge in [-0.2, -0.15) is 0 Å². The Labute approximate surface area is 125 Å². The molecule has 0 amide bonds. The second kappa shape index (κ2) is 6.03. The highest BCUT2D eigenvalue weighted by Gasteiger charge is 2.14. The van der Waals surface area contributed by atoms with Gasteiger partial charge in [-0.3, -0.25) is 0 Å². The summed E-state index contributed by atoms with van der Waals surface area (Å²) in [6.07, 6.45) is 1.95. The SMILES string of the molecule is COc1ccc(NCc2cn(C(C)(C)C)nn2)cc1OC. The standard InChI is InChI=1S/C15H22N4O2/c1-15(2,3)19-10-12(17-18-19)9-16-11-6-7-13(20-4)14(8-11)21-5/h6-8,10,16H,9H2,1-5H3. The summed E-state index contributed by atoms with van der Waals surface area (Å²) in [5, 5.41) is 11.6. The van der Waals surface area contributed by atoms with Crippen molar-refractivity contribution in [2.24, 2.45) is 0 Å². The van der Waals surface area contributed by atoms with E-state index in [0.717, 1.165) is 11.4 Å². The predicted molar refractivity (Wildman–Crippen MR) is 81.9 cm³/mol. The lowest BCUT2D eigenvalue weighted by atomic mass is 10.1. The first-order chi connectivity index (χ1) is 9.94. The molecule has 6 nitrogen and oxygen atoms in total. The third-order valence-corrected chi connectivity index (χ3v) is 3.09. The maximum absolute atomic E-state index is 5.28. The Bertz CT molecular complexity index is 602. The molecule has 1 N–H and O–H groups in total. The molecule has 0 atom stereocenters. The quantitative estimate of drug-likeness (QED) is 0.917. The number of nitrogens with one attached hydrogen (secondary N) is 1. The van der Waals surface area contributed by atoms with Gasteiger partial charge in [0.05, 0.1) is 32.5 Å². The van der Waals surface area contributed by atoms with Crippen molar-refractivity contribution >= 4 is 5.69 Å². The smallest absolute Gasteiger partial charge is 0.162 e. The van der Waals surface area contributed by atoms with Gasteiger partial charge in [0, 0.05) is 11.8 Å². The number of hydrogen-bond acceptors (Lipinski definition) is 5. The summed E-state index contributed by atoms with van der Waals surface area (Å²) in [6.45, 7) is 6.87. The number of aromatic nitrogens is 3. The van der Waals surface area contributed by atoms with Gasteiger partial charge in [0.1, 0.15) is 5.69 Å². The monoisotopic (exact) mass is 290 g/mol. The van der Waals surface area contributed by atoms with Crippen LogP contribution in [0.1, 0.15) is 26.5 Å². The van der Waals surface area contributed by atoms with Crippen LogP contribution in [0.4, 0.5) is 5.69 Å². The van der Waals surface area contributed by atoms with Crippen LogP contribution in [-0.2, 0) is 12.1 Å². The molecule has 0 aliphatic rings. The zero-order valence-corrected chi connectivity index (χ0v) is 13.2. The molecule has 114 valence electrons. The molecule has 2 aromatic rings. The Kier molecular flexibility index (Phi) is 4.35. The van der Waals surface area contributed by atoms with Gasteiger partial charge in [-0.15, -0.1) is 5.10 Å². The molecule has 1 aromatic heterocycles. The van der Waals surface area contributed by atoms with Crippen LogP contribution in [0.15, 0.2) is 24.4 Å². The van der Waals surface area contributed by atoms with Crippen molar-refractivity contribution in [1.82, 2.24) is 15.0 Å². The Hall–Kier alpha value is -2.24. The number of methoxy groups -OCH3 is 2. The summed E-state index contributed by atoms with van der Waals surface area (Å²) in [4.78, 5) is 0. The van der Waals surface area contributed by atoms with Gasteiger partial charge in [0.25, 0.3) is 0 Å². The topological polar surface area (TPSA) is 61.2 Å². The van der Waals surface area contributed by atoms with Gasteiger partial charge >= 0.3 is 0 Å². The van der Waals surface area contributed by atoms with Gasteiger partial charge in [-0.25, -0.2) is 4.68 Å². The second-order valence-corrected chi connectivity index (χ2v) is 5.75. The van der Waals surface area contributed by atoms with Crippen LogP contribution in [0.5, 0.6) is 11.5 Å². The zero-order valence-electron chi connectivity index (χ0n) is 13.2. The van der Waals surface area contributed by atoms with Crippen LogP contribution in [0.25, 0.3) is 0 Å². The normalized spacial score (nSPS) is 11.3. The molecule has 0 radical (unpaired) electrons. The highest BCUT2D eigenvalue weighted by atomic mass is 16.5. The zero-order chi connectivity index (χ0) is 15.5. The van der Waals surface area contributed by atoms with E-state index in [1.807, 2.05) is 29.1 Å². The van der Waals surface area contributed by atoms with Crippen molar-refractivity contribution in [3.63, 3.8) is 0 Å². The molecule has 0 spiro atoms. The summed E-state index contributed by atoms with van der Waals surface area (Å²) in [6, 6.07) is 5.70. The molecule has 0 unspecified atom stereocenters. The van der Waals surface area contributed by atoms with Gasteiger partial charge < -0.3 is 14.8 Å². The Balaban J connectivity index is 2.04. The van der Waals surface area contributed by atoms with Crippen LogP contribution in [0, 0.1) is 0 Å². The fourth-order valence-corrected chi connectivity index (χ4v) is 1.85. The van der Waals surface area contributed by atoms with E-state index in [9.17, 15) is 0 Å². The molecule has 1 aromatic carbocycles. The maximum Gasteiger partial charge on any atom is 0.162 e. The van der Waals surface area contributed by atoms with Crippen molar-refractivity contribution in [2.75, 3.05) is 19.5 Å². The molecule has 0 saturated heterocycles. The molecule has 0 aliphatic carbocycles. The number of rotatable bonds is 5. The molecule has 6 heteroatoms. The van der Waals surface area contributed by atoms with Crippen molar-refractivity contribution in [2.45, 2.75) is 32.9 Å². The molecule has 0 saturated carbocycles. The van der Waals surface area contributed by atoms with Gasteiger partial charge in [0.2, 0.25) is 0 Å². The highest BCUT2D eigenvalue weighted by molar-refractivity contribution is 5.54. The van der Waals surface area contributed by atoms with E-state index in [1.165, 1.54) is 0 Å². The fourth-order valence-electron chi connectivity index (χ4n) is 1.85. The lowest BCUT2D eigenvalue weighted by Gasteiger charge is -2.17. The van der Waals surface area contributed by atoms with E-state index in [2.05, 4.69) is 36.4 Å². The number of ether oxygens (including phenoxy) is 2. The van der Waals surface area contributed by atoms with E-state index < -0.39 is 0 Å². The van der Waals surface area contributed by atoms with Gasteiger partial charge in [0.15, 0.2) is 11.5 Å². The van der Waals surface area contributed by atoms with Crippen LogP contribution >= 0.6 is 0 Å². The van der Waals surface area contributed by atoms with E-state index in [4.69, 9.17) is 9.47 Å². The van der Waals surface area contributed by atoms with Crippen molar-refractivity contribution < 1.29 is 9.47 Å². The lowest BCUT2D eigenvalue weighted by Crippen LogP contribution is -2.22. The molecule has 1 heterocycles. The van der Waals surface area contributed by atoms with E-state index in [1.54, 1.807) is 14.2 Å². The average Bonchev–Trinajstić information content (AvgIpc) is 2.93. The Morgan fingerprint density at radius 1 is 1.14 bits per heavy atom. The first kappa shape index (κ1) is 15.2. The second-order valence-electron chi connectivity index (χ2n) is 5.75. The fraction of sp³-hybridized carbons (Fsp3) is 0.467. The number of anilines is 1. The molecular formula is C15H22N4O2. The number of benzene rings is 1. The van der Waals surface area contributed by atoms with E-state index in [0.29, 0.717) is 18.0 Å². The molecule has 0 bridgehead atoms. The third-order valence-electron chi connectivity index (χ3n) is 3.09. The third kappa shape index (κ3) is 3.65. The summed E-state index contributed by atoms with van der Waals surface area (Å²) in [5.41, 5.74) is 1.77. The van der Waals surface area contributed by atoms with Crippen LogP contribution < -0.4 is 14.8 Å². The van der Waals surface area contributed by atoms with Crippen LogP contribution in [0.2, 0.25) is 0 Å². The average molecular weight is 290 g/mol. The Morgan fingerprint density at radius 2 is 1.86 bits per heavy atom. The maximum atomic E-state index is 5.28. The highest BCUT2D eigenvalue weighted by Crippen LogP contribution is 2.29. The van der Waals surface area contributed by atoms with E-state index in [-0.39, 0.29) is 5.54 Å². The van der Waals surface area contributed by atoms with Crippen molar-refractivity contribution in [3.8, 4) is 11.5 Å².